The molecule has 1 aromatic carbocycles. The molecule has 16 heavy (non-hydrogen) atoms. The summed E-state index contributed by atoms with van der Waals surface area (Å²) in [6.07, 6.45) is 0. The van der Waals surface area contributed by atoms with Crippen molar-refractivity contribution in [2.45, 2.75) is 6.92 Å². The third-order valence-electron chi connectivity index (χ3n) is 2.14. The monoisotopic (exact) mass is 238 g/mol. The molecule has 6 nitrogen and oxygen atoms in total. The first kappa shape index (κ1) is 10.6. The second-order valence-electron chi connectivity index (χ2n) is 3.23. The van der Waals surface area contributed by atoms with Gasteiger partial charge in [0.1, 0.15) is 5.69 Å². The number of benzene rings is 1. The fourth-order valence-electron chi connectivity index (χ4n) is 1.38. The smallest absolute Gasteiger partial charge is 0.319 e. The summed E-state index contributed by atoms with van der Waals surface area (Å²) < 4.78 is 0. The quantitative estimate of drug-likeness (QED) is 0.466. The number of nitro groups is 1. The molecule has 0 spiro atoms. The Morgan fingerprint density at radius 1 is 1.44 bits per heavy atom. The number of nitro benzene ring substituents is 1. The summed E-state index contributed by atoms with van der Waals surface area (Å²) in [5.41, 5.74) is 6.35. The molecule has 1 aromatic heterocycles. The van der Waals surface area contributed by atoms with Gasteiger partial charge in [0.05, 0.1) is 16.1 Å². The molecular formula is C9H7ClN4O2. The van der Waals surface area contributed by atoms with Crippen LogP contribution in [0.25, 0.3) is 11.0 Å². The lowest BCUT2D eigenvalue weighted by molar-refractivity contribution is -0.382. The van der Waals surface area contributed by atoms with Crippen LogP contribution in [0.1, 0.15) is 5.69 Å². The van der Waals surface area contributed by atoms with Crippen LogP contribution in [-0.2, 0) is 0 Å². The summed E-state index contributed by atoms with van der Waals surface area (Å²) in [5, 5.41) is 11.0. The molecule has 0 atom stereocenters. The van der Waals surface area contributed by atoms with Gasteiger partial charge in [-0.2, -0.15) is 0 Å². The number of aryl methyl sites for hydroxylation is 1. The number of rotatable bonds is 1. The Kier molecular flexibility index (Phi) is 2.35. The summed E-state index contributed by atoms with van der Waals surface area (Å²) in [6.45, 7) is 1.68. The van der Waals surface area contributed by atoms with Crippen LogP contribution in [0.15, 0.2) is 12.1 Å². The van der Waals surface area contributed by atoms with E-state index in [1.54, 1.807) is 13.0 Å². The highest BCUT2D eigenvalue weighted by Crippen LogP contribution is 2.30. The molecule has 0 aliphatic carbocycles. The first-order valence-corrected chi connectivity index (χ1v) is 4.75. The van der Waals surface area contributed by atoms with E-state index in [-0.39, 0.29) is 22.0 Å². The van der Waals surface area contributed by atoms with E-state index in [9.17, 15) is 10.1 Å². The third kappa shape index (κ3) is 1.53. The Morgan fingerprint density at radius 3 is 2.75 bits per heavy atom. The molecule has 0 aliphatic rings. The minimum atomic E-state index is -0.585. The van der Waals surface area contributed by atoms with Crippen LogP contribution in [-0.4, -0.2) is 14.9 Å². The molecule has 2 N–H and O–H groups in total. The lowest BCUT2D eigenvalue weighted by Crippen LogP contribution is -2.00. The Bertz CT molecular complexity index is 600. The van der Waals surface area contributed by atoms with E-state index in [0.29, 0.717) is 11.2 Å². The van der Waals surface area contributed by atoms with Crippen LogP contribution in [0.2, 0.25) is 5.15 Å². The van der Waals surface area contributed by atoms with Crippen LogP contribution < -0.4 is 5.73 Å². The SMILES string of the molecule is Cc1nc2ccc(N)c([N+](=O)[O-])c2nc1Cl. The Labute approximate surface area is 95.2 Å². The van der Waals surface area contributed by atoms with E-state index in [1.807, 2.05) is 0 Å². The van der Waals surface area contributed by atoms with E-state index in [4.69, 9.17) is 17.3 Å². The fraction of sp³-hybridized carbons (Fsp3) is 0.111. The van der Waals surface area contributed by atoms with Crippen molar-refractivity contribution in [3.05, 3.63) is 33.1 Å². The zero-order chi connectivity index (χ0) is 11.9. The maximum Gasteiger partial charge on any atom is 0.319 e. The molecule has 0 saturated carbocycles. The van der Waals surface area contributed by atoms with Crippen LogP contribution in [0, 0.1) is 17.0 Å². The average molecular weight is 239 g/mol. The van der Waals surface area contributed by atoms with E-state index < -0.39 is 4.92 Å². The molecule has 0 fully saturated rings. The summed E-state index contributed by atoms with van der Waals surface area (Å²) in [7, 11) is 0. The Morgan fingerprint density at radius 2 is 2.12 bits per heavy atom. The van der Waals surface area contributed by atoms with Gasteiger partial charge in [-0.1, -0.05) is 11.6 Å². The van der Waals surface area contributed by atoms with Crippen molar-refractivity contribution in [1.29, 1.82) is 0 Å². The molecular weight excluding hydrogens is 232 g/mol. The van der Waals surface area contributed by atoms with Crippen molar-refractivity contribution < 1.29 is 4.92 Å². The molecule has 7 heteroatoms. The van der Waals surface area contributed by atoms with Crippen molar-refractivity contribution in [3.8, 4) is 0 Å². The minimum absolute atomic E-state index is 0.0479. The van der Waals surface area contributed by atoms with Crippen molar-refractivity contribution in [2.24, 2.45) is 0 Å². The van der Waals surface area contributed by atoms with E-state index >= 15 is 0 Å². The third-order valence-corrected chi connectivity index (χ3v) is 2.50. The first-order chi connectivity index (χ1) is 7.50. The van der Waals surface area contributed by atoms with Gasteiger partial charge >= 0.3 is 5.69 Å². The van der Waals surface area contributed by atoms with Crippen molar-refractivity contribution in [1.82, 2.24) is 9.97 Å². The van der Waals surface area contributed by atoms with Crippen molar-refractivity contribution in [2.75, 3.05) is 5.73 Å². The number of anilines is 1. The van der Waals surface area contributed by atoms with Crippen molar-refractivity contribution >= 4 is 34.0 Å². The Hall–Kier alpha value is -1.95. The Balaban J connectivity index is 2.92. The summed E-state index contributed by atoms with van der Waals surface area (Å²) in [6, 6.07) is 3.01. The maximum absolute atomic E-state index is 10.8. The standard InChI is InChI=1S/C9H7ClN4O2/c1-4-9(10)13-7-6(12-4)3-2-5(11)8(7)14(15)16/h2-3H,11H2,1H3. The molecule has 0 radical (unpaired) electrons. The van der Waals surface area contributed by atoms with E-state index in [1.165, 1.54) is 6.07 Å². The largest absolute Gasteiger partial charge is 0.393 e. The number of nitrogens with two attached hydrogens (primary N) is 1. The number of hydrogen-bond acceptors (Lipinski definition) is 5. The van der Waals surface area contributed by atoms with Crippen molar-refractivity contribution in [3.63, 3.8) is 0 Å². The van der Waals surface area contributed by atoms with Crippen LogP contribution in [0.4, 0.5) is 11.4 Å². The maximum atomic E-state index is 10.8. The molecule has 0 saturated heterocycles. The zero-order valence-corrected chi connectivity index (χ0v) is 9.02. The average Bonchev–Trinajstić information content (AvgIpc) is 2.20. The lowest BCUT2D eigenvalue weighted by atomic mass is 10.2. The van der Waals surface area contributed by atoms with Gasteiger partial charge in [0, 0.05) is 0 Å². The summed E-state index contributed by atoms with van der Waals surface area (Å²) >= 11 is 5.78. The molecule has 1 heterocycles. The van der Waals surface area contributed by atoms with E-state index in [2.05, 4.69) is 9.97 Å². The number of halogens is 1. The molecule has 2 aromatic rings. The van der Waals surface area contributed by atoms with Gasteiger partial charge in [0.25, 0.3) is 0 Å². The predicted octanol–water partition coefficient (Wildman–Crippen LogP) is 2.08. The zero-order valence-electron chi connectivity index (χ0n) is 8.27. The lowest BCUT2D eigenvalue weighted by Gasteiger charge is -2.03. The highest BCUT2D eigenvalue weighted by molar-refractivity contribution is 6.30. The van der Waals surface area contributed by atoms with E-state index in [0.717, 1.165) is 0 Å². The molecule has 0 amide bonds. The number of nitrogens with zero attached hydrogens (tertiary/aromatic N) is 3. The summed E-state index contributed by atoms with van der Waals surface area (Å²) in [4.78, 5) is 18.3. The molecule has 0 bridgehead atoms. The number of fused-ring (bicyclic) bond motifs is 1. The van der Waals surface area contributed by atoms with Gasteiger partial charge in [0.2, 0.25) is 0 Å². The van der Waals surface area contributed by atoms with Crippen LogP contribution in [0.3, 0.4) is 0 Å². The second-order valence-corrected chi connectivity index (χ2v) is 3.59. The van der Waals surface area contributed by atoms with Gasteiger partial charge in [-0.25, -0.2) is 9.97 Å². The minimum Gasteiger partial charge on any atom is -0.393 e. The fourth-order valence-corrected chi connectivity index (χ4v) is 1.51. The second kappa shape index (κ2) is 3.57. The topological polar surface area (TPSA) is 94.9 Å². The highest BCUT2D eigenvalue weighted by atomic mass is 35.5. The normalized spacial score (nSPS) is 10.6. The molecule has 0 aliphatic heterocycles. The highest BCUT2D eigenvalue weighted by Gasteiger charge is 2.19. The number of aromatic nitrogens is 2. The molecule has 0 unspecified atom stereocenters. The van der Waals surface area contributed by atoms with Gasteiger partial charge < -0.3 is 5.73 Å². The molecule has 82 valence electrons. The predicted molar refractivity (Wildman–Crippen MR) is 60.4 cm³/mol. The number of nitrogen functional groups attached to an aromatic ring is 1. The van der Waals surface area contributed by atoms with Gasteiger partial charge in [-0.3, -0.25) is 10.1 Å². The summed E-state index contributed by atoms with van der Waals surface area (Å²) in [5.74, 6) is 0. The first-order valence-electron chi connectivity index (χ1n) is 4.37. The van der Waals surface area contributed by atoms with Gasteiger partial charge in [0.15, 0.2) is 10.7 Å². The molecule has 2 rings (SSSR count). The number of hydrogen-bond donors (Lipinski definition) is 1. The van der Waals surface area contributed by atoms with Crippen LogP contribution in [0.5, 0.6) is 0 Å². The van der Waals surface area contributed by atoms with Crippen LogP contribution >= 0.6 is 11.6 Å². The van der Waals surface area contributed by atoms with Gasteiger partial charge in [-0.15, -0.1) is 0 Å². The van der Waals surface area contributed by atoms with Gasteiger partial charge in [-0.05, 0) is 19.1 Å².